The maximum atomic E-state index is 12.5. The minimum atomic E-state index is -3.63. The Kier molecular flexibility index (Phi) is 3.38. The molecule has 1 N–H and O–H groups in total. The van der Waals surface area contributed by atoms with Gasteiger partial charge in [-0.15, -0.1) is 0 Å². The topological polar surface area (TPSA) is 66.5 Å². The van der Waals surface area contributed by atoms with E-state index in [2.05, 4.69) is 4.72 Å². The molecular weight excluding hydrogens is 324 g/mol. The minimum Gasteiger partial charge on any atom is -0.331 e. The smallest absolute Gasteiger partial charge is 0.261 e. The molecule has 1 saturated carbocycles. The normalized spacial score (nSPS) is 17.0. The fourth-order valence-electron chi connectivity index (χ4n) is 3.02. The SMILES string of the molecule is Cc1ccc(S(=O)(=O)Nc2ccc3c(c2)CN(C2CC2)C3=O)cc1. The largest absolute Gasteiger partial charge is 0.331 e. The van der Waals surface area contributed by atoms with Crippen molar-refractivity contribution >= 4 is 21.6 Å². The van der Waals surface area contributed by atoms with Gasteiger partial charge in [0.05, 0.1) is 4.90 Å². The monoisotopic (exact) mass is 342 g/mol. The molecule has 1 aliphatic heterocycles. The Labute approximate surface area is 141 Å². The standard InChI is InChI=1S/C18H18N2O3S/c1-12-2-7-16(8-3-12)24(22,23)19-14-4-9-17-13(10-14)11-20(18(17)21)15-5-6-15/h2-4,7-10,15,19H,5-6,11H2,1H3. The molecule has 0 unspecified atom stereocenters. The summed E-state index contributed by atoms with van der Waals surface area (Å²) in [6.45, 7) is 2.48. The van der Waals surface area contributed by atoms with Crippen LogP contribution in [0, 0.1) is 6.92 Å². The van der Waals surface area contributed by atoms with E-state index in [1.807, 2.05) is 11.8 Å². The number of sulfonamides is 1. The van der Waals surface area contributed by atoms with Crippen LogP contribution < -0.4 is 4.72 Å². The number of rotatable bonds is 4. The summed E-state index contributed by atoms with van der Waals surface area (Å²) in [7, 11) is -3.63. The molecule has 1 amide bonds. The zero-order valence-corrected chi connectivity index (χ0v) is 14.1. The molecule has 0 aromatic heterocycles. The number of nitrogens with one attached hydrogen (secondary N) is 1. The zero-order valence-electron chi connectivity index (χ0n) is 13.3. The van der Waals surface area contributed by atoms with Crippen molar-refractivity contribution in [3.05, 3.63) is 59.2 Å². The van der Waals surface area contributed by atoms with E-state index < -0.39 is 10.0 Å². The molecule has 2 aliphatic rings. The van der Waals surface area contributed by atoms with Gasteiger partial charge in [-0.05, 0) is 55.7 Å². The second kappa shape index (κ2) is 5.34. The highest BCUT2D eigenvalue weighted by Gasteiger charge is 2.38. The lowest BCUT2D eigenvalue weighted by molar-refractivity contribution is 0.0766. The lowest BCUT2D eigenvalue weighted by Crippen LogP contribution is -2.25. The van der Waals surface area contributed by atoms with Gasteiger partial charge < -0.3 is 4.90 Å². The van der Waals surface area contributed by atoms with Crippen molar-refractivity contribution in [2.75, 3.05) is 4.72 Å². The van der Waals surface area contributed by atoms with E-state index in [1.165, 1.54) is 0 Å². The summed E-state index contributed by atoms with van der Waals surface area (Å²) < 4.78 is 27.5. The molecule has 2 aromatic carbocycles. The van der Waals surface area contributed by atoms with Crippen LogP contribution in [0.3, 0.4) is 0 Å². The summed E-state index contributed by atoms with van der Waals surface area (Å²) in [5, 5.41) is 0. The van der Waals surface area contributed by atoms with Gasteiger partial charge in [0.1, 0.15) is 0 Å². The second-order valence-corrected chi connectivity index (χ2v) is 8.14. The molecule has 0 spiro atoms. The van der Waals surface area contributed by atoms with E-state index in [0.29, 0.717) is 23.8 Å². The maximum absolute atomic E-state index is 12.5. The molecule has 0 saturated heterocycles. The molecule has 0 radical (unpaired) electrons. The van der Waals surface area contributed by atoms with Crippen LogP contribution in [0.1, 0.15) is 34.3 Å². The molecule has 1 heterocycles. The lowest BCUT2D eigenvalue weighted by atomic mass is 10.1. The van der Waals surface area contributed by atoms with Gasteiger partial charge in [-0.1, -0.05) is 17.7 Å². The Bertz CT molecular complexity index is 916. The zero-order chi connectivity index (χ0) is 16.9. The molecular formula is C18H18N2O3S. The van der Waals surface area contributed by atoms with Crippen LogP contribution in [0.2, 0.25) is 0 Å². The van der Waals surface area contributed by atoms with Crippen molar-refractivity contribution in [1.29, 1.82) is 0 Å². The number of aryl methyl sites for hydroxylation is 1. The Morgan fingerprint density at radius 1 is 1.08 bits per heavy atom. The highest BCUT2D eigenvalue weighted by Crippen LogP contribution is 2.35. The number of nitrogens with zero attached hydrogens (tertiary/aromatic N) is 1. The van der Waals surface area contributed by atoms with Crippen LogP contribution in [-0.4, -0.2) is 25.3 Å². The van der Waals surface area contributed by atoms with Crippen LogP contribution in [0.25, 0.3) is 0 Å². The first-order chi connectivity index (χ1) is 11.4. The maximum Gasteiger partial charge on any atom is 0.261 e. The van der Waals surface area contributed by atoms with Crippen LogP contribution >= 0.6 is 0 Å². The van der Waals surface area contributed by atoms with Crippen LogP contribution in [-0.2, 0) is 16.6 Å². The quantitative estimate of drug-likeness (QED) is 0.929. The number of carbonyl (C=O) groups excluding carboxylic acids is 1. The fourth-order valence-corrected chi connectivity index (χ4v) is 4.07. The highest BCUT2D eigenvalue weighted by atomic mass is 32.2. The molecule has 124 valence electrons. The number of amides is 1. The summed E-state index contributed by atoms with van der Waals surface area (Å²) in [6, 6.07) is 12.2. The summed E-state index contributed by atoms with van der Waals surface area (Å²) >= 11 is 0. The number of anilines is 1. The number of fused-ring (bicyclic) bond motifs is 1. The van der Waals surface area contributed by atoms with Gasteiger partial charge in [0.2, 0.25) is 0 Å². The van der Waals surface area contributed by atoms with Crippen molar-refractivity contribution in [3.63, 3.8) is 0 Å². The van der Waals surface area contributed by atoms with Crippen molar-refractivity contribution in [2.45, 2.75) is 37.2 Å². The van der Waals surface area contributed by atoms with E-state index in [4.69, 9.17) is 0 Å². The summed E-state index contributed by atoms with van der Waals surface area (Å²) in [6.07, 6.45) is 2.12. The van der Waals surface area contributed by atoms with E-state index in [-0.39, 0.29) is 10.8 Å². The number of hydrogen-bond acceptors (Lipinski definition) is 3. The first-order valence-electron chi connectivity index (χ1n) is 7.97. The van der Waals surface area contributed by atoms with Gasteiger partial charge in [-0.2, -0.15) is 0 Å². The molecule has 24 heavy (non-hydrogen) atoms. The molecule has 6 heteroatoms. The Morgan fingerprint density at radius 2 is 1.79 bits per heavy atom. The third-order valence-corrected chi connectivity index (χ3v) is 5.91. The van der Waals surface area contributed by atoms with Crippen molar-refractivity contribution in [1.82, 2.24) is 4.90 Å². The first-order valence-corrected chi connectivity index (χ1v) is 9.46. The van der Waals surface area contributed by atoms with Gasteiger partial charge in [0, 0.05) is 23.8 Å². The predicted octanol–water partition coefficient (Wildman–Crippen LogP) is 2.91. The third-order valence-electron chi connectivity index (χ3n) is 4.51. The van der Waals surface area contributed by atoms with Crippen molar-refractivity contribution in [3.8, 4) is 0 Å². The molecule has 4 rings (SSSR count). The fraction of sp³-hybridized carbons (Fsp3) is 0.278. The van der Waals surface area contributed by atoms with Gasteiger partial charge >= 0.3 is 0 Å². The highest BCUT2D eigenvalue weighted by molar-refractivity contribution is 7.92. The van der Waals surface area contributed by atoms with Crippen LogP contribution in [0.15, 0.2) is 47.4 Å². The number of carbonyl (C=O) groups is 1. The average molecular weight is 342 g/mol. The Hall–Kier alpha value is -2.34. The minimum absolute atomic E-state index is 0.0560. The predicted molar refractivity (Wildman–Crippen MR) is 91.3 cm³/mol. The molecule has 0 atom stereocenters. The lowest BCUT2D eigenvalue weighted by Gasteiger charge is -2.13. The molecule has 5 nitrogen and oxygen atoms in total. The van der Waals surface area contributed by atoms with Crippen LogP contribution in [0.4, 0.5) is 5.69 Å². The first kappa shape index (κ1) is 15.2. The number of hydrogen-bond donors (Lipinski definition) is 1. The van der Waals surface area contributed by atoms with Crippen LogP contribution in [0.5, 0.6) is 0 Å². The third kappa shape index (κ3) is 2.67. The summed E-state index contributed by atoms with van der Waals surface area (Å²) in [4.78, 5) is 14.4. The Balaban J connectivity index is 1.59. The summed E-state index contributed by atoms with van der Waals surface area (Å²) in [5.74, 6) is 0.0560. The van der Waals surface area contributed by atoms with E-state index in [9.17, 15) is 13.2 Å². The molecule has 2 aromatic rings. The van der Waals surface area contributed by atoms with E-state index >= 15 is 0 Å². The van der Waals surface area contributed by atoms with E-state index in [0.717, 1.165) is 24.0 Å². The van der Waals surface area contributed by atoms with Crippen molar-refractivity contribution in [2.24, 2.45) is 0 Å². The van der Waals surface area contributed by atoms with E-state index in [1.54, 1.807) is 42.5 Å². The summed E-state index contributed by atoms with van der Waals surface area (Å²) in [5.41, 5.74) is 3.06. The van der Waals surface area contributed by atoms with Gasteiger partial charge in [-0.3, -0.25) is 9.52 Å². The van der Waals surface area contributed by atoms with Gasteiger partial charge in [0.25, 0.3) is 15.9 Å². The molecule has 1 aliphatic carbocycles. The molecule has 0 bridgehead atoms. The van der Waals surface area contributed by atoms with Crippen molar-refractivity contribution < 1.29 is 13.2 Å². The second-order valence-electron chi connectivity index (χ2n) is 6.45. The van der Waals surface area contributed by atoms with Gasteiger partial charge in [0.15, 0.2) is 0 Å². The average Bonchev–Trinajstić information content (AvgIpc) is 3.32. The Morgan fingerprint density at radius 3 is 2.46 bits per heavy atom. The van der Waals surface area contributed by atoms with Gasteiger partial charge in [-0.25, -0.2) is 8.42 Å². The molecule has 1 fully saturated rings. The number of benzene rings is 2.